The van der Waals surface area contributed by atoms with Crippen LogP contribution in [0.15, 0.2) is 42.6 Å². The molecule has 0 atom stereocenters. The summed E-state index contributed by atoms with van der Waals surface area (Å²) < 4.78 is 1.83. The summed E-state index contributed by atoms with van der Waals surface area (Å²) >= 11 is 0. The number of hydrogen-bond acceptors (Lipinski definition) is 3. The lowest BCUT2D eigenvalue weighted by atomic mass is 10.1. The number of aromatic nitrogens is 3. The molecule has 0 unspecified atom stereocenters. The van der Waals surface area contributed by atoms with E-state index in [1.807, 2.05) is 35.0 Å². The monoisotopic (exact) mass is 252 g/mol. The number of aryl methyl sites for hydroxylation is 1. The van der Waals surface area contributed by atoms with E-state index in [0.29, 0.717) is 6.54 Å². The van der Waals surface area contributed by atoms with E-state index in [-0.39, 0.29) is 0 Å². The number of benzene rings is 1. The van der Waals surface area contributed by atoms with Crippen molar-refractivity contribution in [2.45, 2.75) is 13.3 Å². The summed E-state index contributed by atoms with van der Waals surface area (Å²) in [7, 11) is 0. The summed E-state index contributed by atoms with van der Waals surface area (Å²) in [6, 6.07) is 12.2. The highest BCUT2D eigenvalue weighted by Gasteiger charge is 2.06. The molecule has 3 aromatic rings. The first-order chi connectivity index (χ1) is 9.28. The molecular weight excluding hydrogens is 236 g/mol. The van der Waals surface area contributed by atoms with Crippen LogP contribution in [-0.4, -0.2) is 21.1 Å². The number of nitrogens with two attached hydrogens (primary N) is 1. The Bertz CT molecular complexity index is 715. The lowest BCUT2D eigenvalue weighted by molar-refractivity contribution is 0.917. The average molecular weight is 252 g/mol. The Morgan fingerprint density at radius 3 is 2.79 bits per heavy atom. The number of nitrogens with zero attached hydrogens (tertiary/aromatic N) is 3. The van der Waals surface area contributed by atoms with Crippen LogP contribution in [0.25, 0.3) is 16.9 Å². The Balaban J connectivity index is 2.08. The Hall–Kier alpha value is -2.20. The molecule has 0 spiro atoms. The van der Waals surface area contributed by atoms with E-state index in [1.165, 1.54) is 5.56 Å². The molecule has 96 valence electrons. The number of hydrogen-bond donors (Lipinski definition) is 1. The van der Waals surface area contributed by atoms with Crippen LogP contribution in [-0.2, 0) is 6.42 Å². The van der Waals surface area contributed by atoms with E-state index in [2.05, 4.69) is 29.1 Å². The zero-order valence-electron chi connectivity index (χ0n) is 10.9. The highest BCUT2D eigenvalue weighted by molar-refractivity contribution is 5.64. The molecule has 4 nitrogen and oxygen atoms in total. The predicted octanol–water partition coefficient (Wildman–Crippen LogP) is 2.21. The van der Waals surface area contributed by atoms with Gasteiger partial charge in [0.25, 0.3) is 0 Å². The van der Waals surface area contributed by atoms with Crippen molar-refractivity contribution in [2.75, 3.05) is 6.54 Å². The maximum absolute atomic E-state index is 5.55. The van der Waals surface area contributed by atoms with Crippen LogP contribution in [0.4, 0.5) is 0 Å². The standard InChI is InChI=1S/C15H16N4/c1-11-4-2-3-5-13(11)14-6-7-15-17-12(8-9-16)10-19(15)18-14/h2-7,10H,8-9,16H2,1H3. The van der Waals surface area contributed by atoms with Crippen molar-refractivity contribution in [2.24, 2.45) is 5.73 Å². The van der Waals surface area contributed by atoms with E-state index in [4.69, 9.17) is 5.73 Å². The molecule has 0 aliphatic rings. The summed E-state index contributed by atoms with van der Waals surface area (Å²) in [5.41, 5.74) is 10.7. The van der Waals surface area contributed by atoms with Crippen molar-refractivity contribution in [1.29, 1.82) is 0 Å². The van der Waals surface area contributed by atoms with Crippen molar-refractivity contribution in [3.05, 3.63) is 53.9 Å². The normalized spacial score (nSPS) is 11.1. The van der Waals surface area contributed by atoms with Crippen LogP contribution in [0, 0.1) is 6.92 Å². The number of fused-ring (bicyclic) bond motifs is 1. The molecule has 2 heterocycles. The van der Waals surface area contributed by atoms with E-state index in [1.54, 1.807) is 0 Å². The molecule has 0 saturated carbocycles. The summed E-state index contributed by atoms with van der Waals surface area (Å²) in [6.45, 7) is 2.70. The largest absolute Gasteiger partial charge is 0.330 e. The highest BCUT2D eigenvalue weighted by atomic mass is 15.2. The van der Waals surface area contributed by atoms with Gasteiger partial charge in [0.1, 0.15) is 0 Å². The first kappa shape index (κ1) is 11.9. The zero-order valence-corrected chi connectivity index (χ0v) is 10.9. The van der Waals surface area contributed by atoms with Crippen LogP contribution < -0.4 is 5.73 Å². The van der Waals surface area contributed by atoms with Crippen molar-refractivity contribution in [1.82, 2.24) is 14.6 Å². The molecule has 19 heavy (non-hydrogen) atoms. The molecule has 2 N–H and O–H groups in total. The number of imidazole rings is 1. The molecule has 0 fully saturated rings. The number of rotatable bonds is 3. The van der Waals surface area contributed by atoms with Gasteiger partial charge in [0.05, 0.1) is 17.6 Å². The van der Waals surface area contributed by atoms with Crippen LogP contribution >= 0.6 is 0 Å². The topological polar surface area (TPSA) is 56.2 Å². The van der Waals surface area contributed by atoms with Crippen molar-refractivity contribution < 1.29 is 0 Å². The second kappa shape index (κ2) is 4.82. The van der Waals surface area contributed by atoms with E-state index < -0.39 is 0 Å². The van der Waals surface area contributed by atoms with Crippen LogP contribution in [0.1, 0.15) is 11.3 Å². The highest BCUT2D eigenvalue weighted by Crippen LogP contribution is 2.21. The Morgan fingerprint density at radius 2 is 2.00 bits per heavy atom. The summed E-state index contributed by atoms with van der Waals surface area (Å²) in [5.74, 6) is 0. The molecule has 0 radical (unpaired) electrons. The Labute approximate surface area is 111 Å². The second-order valence-corrected chi connectivity index (χ2v) is 4.61. The molecular formula is C15H16N4. The molecule has 0 bridgehead atoms. The molecule has 4 heteroatoms. The minimum atomic E-state index is 0.606. The molecule has 0 aliphatic heterocycles. The van der Waals surface area contributed by atoms with Crippen LogP contribution in [0.3, 0.4) is 0 Å². The third-order valence-corrected chi connectivity index (χ3v) is 3.19. The maximum Gasteiger partial charge on any atom is 0.153 e. The van der Waals surface area contributed by atoms with Gasteiger partial charge in [0, 0.05) is 12.0 Å². The fraction of sp³-hybridized carbons (Fsp3) is 0.200. The van der Waals surface area contributed by atoms with Gasteiger partial charge in [0.2, 0.25) is 0 Å². The molecule has 0 amide bonds. The fourth-order valence-electron chi connectivity index (χ4n) is 2.20. The SMILES string of the molecule is Cc1ccccc1-c1ccc2nc(CCN)cn2n1. The van der Waals surface area contributed by atoms with Crippen molar-refractivity contribution in [3.63, 3.8) is 0 Å². The molecule has 1 aromatic carbocycles. The van der Waals surface area contributed by atoms with E-state index in [9.17, 15) is 0 Å². The van der Waals surface area contributed by atoms with Gasteiger partial charge in [-0.05, 0) is 31.2 Å². The van der Waals surface area contributed by atoms with Crippen molar-refractivity contribution in [3.8, 4) is 11.3 Å². The van der Waals surface area contributed by atoms with Gasteiger partial charge in [-0.1, -0.05) is 24.3 Å². The van der Waals surface area contributed by atoms with Crippen molar-refractivity contribution >= 4 is 5.65 Å². The zero-order chi connectivity index (χ0) is 13.2. The Morgan fingerprint density at radius 1 is 1.16 bits per heavy atom. The van der Waals surface area contributed by atoms with Gasteiger partial charge in [-0.2, -0.15) is 5.10 Å². The molecule has 3 rings (SSSR count). The smallest absolute Gasteiger partial charge is 0.153 e. The third-order valence-electron chi connectivity index (χ3n) is 3.19. The van der Waals surface area contributed by atoms with Crippen LogP contribution in [0.5, 0.6) is 0 Å². The first-order valence-corrected chi connectivity index (χ1v) is 6.39. The van der Waals surface area contributed by atoms with Gasteiger partial charge < -0.3 is 5.73 Å². The fourth-order valence-corrected chi connectivity index (χ4v) is 2.20. The van der Waals surface area contributed by atoms with E-state index in [0.717, 1.165) is 29.0 Å². The maximum atomic E-state index is 5.55. The van der Waals surface area contributed by atoms with E-state index >= 15 is 0 Å². The third kappa shape index (κ3) is 2.22. The first-order valence-electron chi connectivity index (χ1n) is 6.39. The second-order valence-electron chi connectivity index (χ2n) is 4.61. The summed E-state index contributed by atoms with van der Waals surface area (Å²) in [6.07, 6.45) is 2.73. The van der Waals surface area contributed by atoms with Gasteiger partial charge in [-0.3, -0.25) is 0 Å². The molecule has 0 saturated heterocycles. The minimum Gasteiger partial charge on any atom is -0.330 e. The van der Waals surface area contributed by atoms with Gasteiger partial charge in [-0.15, -0.1) is 0 Å². The predicted molar refractivity (Wildman–Crippen MR) is 75.9 cm³/mol. The van der Waals surface area contributed by atoms with Crippen LogP contribution in [0.2, 0.25) is 0 Å². The quantitative estimate of drug-likeness (QED) is 0.777. The van der Waals surface area contributed by atoms with Gasteiger partial charge >= 0.3 is 0 Å². The lowest BCUT2D eigenvalue weighted by Gasteiger charge is -2.04. The average Bonchev–Trinajstić information content (AvgIpc) is 2.81. The molecule has 0 aliphatic carbocycles. The van der Waals surface area contributed by atoms with Gasteiger partial charge in [-0.25, -0.2) is 9.50 Å². The molecule has 2 aromatic heterocycles. The summed E-state index contributed by atoms with van der Waals surface area (Å²) in [5, 5.41) is 4.62. The Kier molecular flexibility index (Phi) is 3.01. The lowest BCUT2D eigenvalue weighted by Crippen LogP contribution is -2.02. The minimum absolute atomic E-state index is 0.606. The van der Waals surface area contributed by atoms with Gasteiger partial charge in [0.15, 0.2) is 5.65 Å². The summed E-state index contributed by atoms with van der Waals surface area (Å²) in [4.78, 5) is 4.48.